The summed E-state index contributed by atoms with van der Waals surface area (Å²) in [6.45, 7) is 4.28. The van der Waals surface area contributed by atoms with E-state index in [9.17, 15) is 0 Å². The molecular weight excluding hydrogens is 372 g/mol. The fourth-order valence-corrected chi connectivity index (χ4v) is 4.01. The highest BCUT2D eigenvalue weighted by atomic mass is 14.1. The molecule has 0 aliphatic heterocycles. The lowest BCUT2D eigenvalue weighted by atomic mass is 9.91. The minimum absolute atomic E-state index is 1.04. The minimum Gasteiger partial charge on any atom is -0.0842 e. The topological polar surface area (TPSA) is 0 Å². The second kappa shape index (κ2) is 9.91. The van der Waals surface area contributed by atoms with Crippen LogP contribution < -0.4 is 0 Å². The van der Waals surface area contributed by atoms with Crippen molar-refractivity contribution < 1.29 is 0 Å². The van der Waals surface area contributed by atoms with Crippen molar-refractivity contribution in [3.05, 3.63) is 127 Å². The van der Waals surface area contributed by atoms with Crippen molar-refractivity contribution >= 4 is 5.57 Å². The molecule has 0 amide bonds. The van der Waals surface area contributed by atoms with Crippen molar-refractivity contribution in [3.63, 3.8) is 0 Å². The highest BCUT2D eigenvalue weighted by Gasteiger charge is 2.10. The molecule has 0 radical (unpaired) electrons. The molecule has 0 aliphatic rings. The van der Waals surface area contributed by atoms with Gasteiger partial charge in [0.25, 0.3) is 0 Å². The molecule has 31 heavy (non-hydrogen) atoms. The van der Waals surface area contributed by atoms with E-state index in [2.05, 4.69) is 135 Å². The lowest BCUT2D eigenvalue weighted by molar-refractivity contribution is 1.22. The fourth-order valence-electron chi connectivity index (χ4n) is 4.01. The second-order valence-electron chi connectivity index (χ2n) is 7.59. The van der Waals surface area contributed by atoms with Crippen LogP contribution in [0, 0.1) is 0 Å². The molecular formula is C31H28. The van der Waals surface area contributed by atoms with E-state index in [0.717, 1.165) is 6.42 Å². The van der Waals surface area contributed by atoms with E-state index >= 15 is 0 Å². The van der Waals surface area contributed by atoms with Gasteiger partial charge in [-0.1, -0.05) is 128 Å². The molecule has 0 spiro atoms. The number of allylic oxidation sites excluding steroid dienone is 4. The summed E-state index contributed by atoms with van der Waals surface area (Å²) in [5, 5.41) is 0. The van der Waals surface area contributed by atoms with Crippen molar-refractivity contribution in [3.8, 4) is 33.4 Å². The van der Waals surface area contributed by atoms with Gasteiger partial charge in [0, 0.05) is 0 Å². The smallest absolute Gasteiger partial charge is 0.0105 e. The van der Waals surface area contributed by atoms with E-state index in [1.807, 2.05) is 0 Å². The highest BCUT2D eigenvalue weighted by molar-refractivity contribution is 5.87. The third-order valence-corrected chi connectivity index (χ3v) is 5.60. The first-order valence-corrected chi connectivity index (χ1v) is 11.0. The van der Waals surface area contributed by atoms with Gasteiger partial charge in [0.2, 0.25) is 0 Å². The average Bonchev–Trinajstić information content (AvgIpc) is 2.85. The molecule has 0 fully saturated rings. The van der Waals surface area contributed by atoms with Crippen molar-refractivity contribution in [1.82, 2.24) is 0 Å². The largest absolute Gasteiger partial charge is 0.0842 e. The molecule has 4 aromatic rings. The van der Waals surface area contributed by atoms with Gasteiger partial charge in [-0.15, -0.1) is 0 Å². The monoisotopic (exact) mass is 400 g/mol. The van der Waals surface area contributed by atoms with Gasteiger partial charge in [-0.2, -0.15) is 0 Å². The van der Waals surface area contributed by atoms with Crippen LogP contribution in [-0.2, 0) is 0 Å². The summed E-state index contributed by atoms with van der Waals surface area (Å²) in [6.07, 6.45) is 7.67. The fraction of sp³-hybridized carbons (Fsp3) is 0.0968. The Balaban J connectivity index is 1.73. The standard InChI is InChI=1S/C31H28/c1-3-5-13-24(4-2)28-16-9-10-18-30(28)26-20-22-27(23-21-26)31-19-12-11-17-29(31)25-14-7-6-8-15-25/h4-23H,3H2,1-2H3/b13-5-,24-4+. The molecule has 0 unspecified atom stereocenters. The van der Waals surface area contributed by atoms with Crippen molar-refractivity contribution in [1.29, 1.82) is 0 Å². The number of hydrogen-bond acceptors (Lipinski definition) is 0. The molecule has 152 valence electrons. The maximum Gasteiger partial charge on any atom is -0.0105 e. The lowest BCUT2D eigenvalue weighted by Gasteiger charge is -2.13. The predicted molar refractivity (Wildman–Crippen MR) is 136 cm³/mol. The van der Waals surface area contributed by atoms with Crippen LogP contribution in [0.1, 0.15) is 25.8 Å². The Labute approximate surface area is 186 Å². The summed E-state index contributed by atoms with van der Waals surface area (Å²) in [6, 6.07) is 36.9. The minimum atomic E-state index is 1.04. The zero-order chi connectivity index (χ0) is 21.5. The lowest BCUT2D eigenvalue weighted by Crippen LogP contribution is -1.89. The molecule has 4 aromatic carbocycles. The third kappa shape index (κ3) is 4.59. The van der Waals surface area contributed by atoms with Gasteiger partial charge >= 0.3 is 0 Å². The number of rotatable bonds is 6. The van der Waals surface area contributed by atoms with Crippen molar-refractivity contribution in [2.24, 2.45) is 0 Å². The maximum atomic E-state index is 2.24. The van der Waals surface area contributed by atoms with Crippen LogP contribution in [0.15, 0.2) is 121 Å². The van der Waals surface area contributed by atoms with Gasteiger partial charge in [0.05, 0.1) is 0 Å². The van der Waals surface area contributed by atoms with E-state index in [1.54, 1.807) is 0 Å². The van der Waals surface area contributed by atoms with Crippen LogP contribution in [0.5, 0.6) is 0 Å². The first-order chi connectivity index (χ1) is 15.3. The molecule has 0 saturated heterocycles. The van der Waals surface area contributed by atoms with Crippen LogP contribution in [0.2, 0.25) is 0 Å². The summed E-state index contributed by atoms with van der Waals surface area (Å²) in [7, 11) is 0. The predicted octanol–water partition coefficient (Wildman–Crippen LogP) is 9.06. The van der Waals surface area contributed by atoms with Crippen LogP contribution in [-0.4, -0.2) is 0 Å². The Bertz CT molecular complexity index is 1190. The average molecular weight is 401 g/mol. The van der Waals surface area contributed by atoms with Gasteiger partial charge < -0.3 is 0 Å². The van der Waals surface area contributed by atoms with Crippen LogP contribution >= 0.6 is 0 Å². The molecule has 0 heteroatoms. The van der Waals surface area contributed by atoms with Crippen molar-refractivity contribution in [2.75, 3.05) is 0 Å². The number of benzene rings is 4. The number of hydrogen-bond donors (Lipinski definition) is 0. The first-order valence-electron chi connectivity index (χ1n) is 11.0. The van der Waals surface area contributed by atoms with Gasteiger partial charge in [0.15, 0.2) is 0 Å². The van der Waals surface area contributed by atoms with E-state index in [0.29, 0.717) is 0 Å². The zero-order valence-electron chi connectivity index (χ0n) is 18.3. The van der Waals surface area contributed by atoms with Crippen LogP contribution in [0.25, 0.3) is 39.0 Å². The van der Waals surface area contributed by atoms with E-state index in [4.69, 9.17) is 0 Å². The SMILES string of the molecule is C/C=C(\C=C/CC)c1ccccc1-c1ccc(-c2ccccc2-c2ccccc2)cc1. The Kier molecular flexibility index (Phi) is 6.59. The van der Waals surface area contributed by atoms with Gasteiger partial charge in [-0.3, -0.25) is 0 Å². The molecule has 0 aliphatic carbocycles. The van der Waals surface area contributed by atoms with Crippen LogP contribution in [0.4, 0.5) is 0 Å². The first kappa shape index (κ1) is 20.6. The summed E-state index contributed by atoms with van der Waals surface area (Å²) < 4.78 is 0. The highest BCUT2D eigenvalue weighted by Crippen LogP contribution is 2.35. The van der Waals surface area contributed by atoms with Crippen LogP contribution in [0.3, 0.4) is 0 Å². The molecule has 0 aromatic heterocycles. The Morgan fingerprint density at radius 3 is 1.65 bits per heavy atom. The molecule has 0 nitrogen and oxygen atoms in total. The molecule has 0 atom stereocenters. The Hall–Kier alpha value is -3.64. The normalized spacial score (nSPS) is 11.7. The summed E-state index contributed by atoms with van der Waals surface area (Å²) in [4.78, 5) is 0. The van der Waals surface area contributed by atoms with Gasteiger partial charge in [-0.25, -0.2) is 0 Å². The van der Waals surface area contributed by atoms with E-state index in [-0.39, 0.29) is 0 Å². The van der Waals surface area contributed by atoms with Crippen molar-refractivity contribution in [2.45, 2.75) is 20.3 Å². The summed E-state index contributed by atoms with van der Waals surface area (Å²) in [5.41, 5.74) is 10.0. The maximum absolute atomic E-state index is 2.24. The van der Waals surface area contributed by atoms with E-state index < -0.39 is 0 Å². The molecule has 4 rings (SSSR count). The summed E-state index contributed by atoms with van der Waals surface area (Å²) in [5.74, 6) is 0. The Morgan fingerprint density at radius 2 is 1.06 bits per heavy atom. The van der Waals surface area contributed by atoms with Gasteiger partial charge in [-0.05, 0) is 57.9 Å². The third-order valence-electron chi connectivity index (χ3n) is 5.60. The Morgan fingerprint density at radius 1 is 0.581 bits per heavy atom. The summed E-state index contributed by atoms with van der Waals surface area (Å²) >= 11 is 0. The van der Waals surface area contributed by atoms with Gasteiger partial charge in [0.1, 0.15) is 0 Å². The zero-order valence-corrected chi connectivity index (χ0v) is 18.3. The second-order valence-corrected chi connectivity index (χ2v) is 7.59. The molecule has 0 bridgehead atoms. The molecule has 0 heterocycles. The molecule has 0 N–H and O–H groups in total. The molecule has 0 saturated carbocycles. The van der Waals surface area contributed by atoms with E-state index in [1.165, 1.54) is 44.5 Å². The quantitative estimate of drug-likeness (QED) is 0.283.